The summed E-state index contributed by atoms with van der Waals surface area (Å²) in [6, 6.07) is 10.6. The van der Waals surface area contributed by atoms with Crippen LogP contribution in [0, 0.1) is 0 Å². The van der Waals surface area contributed by atoms with Crippen molar-refractivity contribution in [1.82, 2.24) is 5.32 Å². The molecule has 4 amide bonds. The average molecular weight is 489 g/mol. The maximum Gasteiger partial charge on any atom is 0.335 e. The number of imide groups is 2. The number of nitrogens with zero attached hydrogens (tertiary/aromatic N) is 1. The number of nitrogens with one attached hydrogen (secondary N) is 1. The molecule has 31 heavy (non-hydrogen) atoms. The molecule has 2 aromatic rings. The number of amides is 4. The first kappa shape index (κ1) is 22.4. The standard InChI is InChI=1S/C22H21BrN2O6/c1-3-30-19-13-14(4-9-18(19)31-11-10-23)12-17-20(26)24-22(28)25(21(17)27)15-5-7-16(29-2)8-6-15/h4-9,12-13H,3,10-11H2,1-2H3,(H,24,26,28). The largest absolute Gasteiger partial charge is 0.497 e. The Labute approximate surface area is 187 Å². The predicted molar refractivity (Wildman–Crippen MR) is 119 cm³/mol. The van der Waals surface area contributed by atoms with Crippen LogP contribution in [0.25, 0.3) is 6.08 Å². The lowest BCUT2D eigenvalue weighted by Gasteiger charge is -2.26. The van der Waals surface area contributed by atoms with Gasteiger partial charge in [0.05, 0.1) is 26.0 Å². The zero-order valence-corrected chi connectivity index (χ0v) is 18.6. The van der Waals surface area contributed by atoms with Crippen LogP contribution >= 0.6 is 15.9 Å². The molecule has 1 saturated heterocycles. The van der Waals surface area contributed by atoms with Gasteiger partial charge in [0.25, 0.3) is 11.8 Å². The third kappa shape index (κ3) is 5.05. The molecule has 0 spiro atoms. The van der Waals surface area contributed by atoms with Gasteiger partial charge in [0.1, 0.15) is 11.3 Å². The summed E-state index contributed by atoms with van der Waals surface area (Å²) >= 11 is 3.31. The number of halogens is 1. The van der Waals surface area contributed by atoms with Gasteiger partial charge >= 0.3 is 6.03 Å². The molecular formula is C22H21BrN2O6. The molecule has 1 aliphatic rings. The van der Waals surface area contributed by atoms with Crippen molar-refractivity contribution in [3.8, 4) is 17.2 Å². The van der Waals surface area contributed by atoms with Gasteiger partial charge in [-0.25, -0.2) is 9.69 Å². The Balaban J connectivity index is 1.94. The SMILES string of the molecule is CCOc1cc(C=C2C(=O)NC(=O)N(c3ccc(OC)cc3)C2=O)ccc1OCCBr. The second-order valence-electron chi connectivity index (χ2n) is 6.33. The summed E-state index contributed by atoms with van der Waals surface area (Å²) in [5.41, 5.74) is 0.694. The average Bonchev–Trinajstić information content (AvgIpc) is 2.76. The van der Waals surface area contributed by atoms with E-state index < -0.39 is 17.8 Å². The maximum absolute atomic E-state index is 13.0. The van der Waals surface area contributed by atoms with Crippen molar-refractivity contribution in [3.63, 3.8) is 0 Å². The van der Waals surface area contributed by atoms with Crippen LogP contribution in [0.2, 0.25) is 0 Å². The van der Waals surface area contributed by atoms with E-state index in [9.17, 15) is 14.4 Å². The van der Waals surface area contributed by atoms with Gasteiger partial charge in [-0.1, -0.05) is 22.0 Å². The van der Waals surface area contributed by atoms with Gasteiger partial charge in [0.2, 0.25) is 0 Å². The molecule has 0 saturated carbocycles. The molecule has 1 aliphatic heterocycles. The summed E-state index contributed by atoms with van der Waals surface area (Å²) < 4.78 is 16.3. The van der Waals surface area contributed by atoms with E-state index in [1.54, 1.807) is 42.5 Å². The molecule has 0 aromatic heterocycles. The van der Waals surface area contributed by atoms with E-state index in [4.69, 9.17) is 14.2 Å². The van der Waals surface area contributed by atoms with Crippen molar-refractivity contribution in [1.29, 1.82) is 0 Å². The fraction of sp³-hybridized carbons (Fsp3) is 0.227. The van der Waals surface area contributed by atoms with Crippen molar-refractivity contribution in [2.45, 2.75) is 6.92 Å². The summed E-state index contributed by atoms with van der Waals surface area (Å²) in [6.07, 6.45) is 1.41. The molecule has 2 aromatic carbocycles. The molecule has 1 fully saturated rings. The highest BCUT2D eigenvalue weighted by Gasteiger charge is 2.36. The van der Waals surface area contributed by atoms with Crippen LogP contribution < -0.4 is 24.4 Å². The molecule has 1 heterocycles. The van der Waals surface area contributed by atoms with Crippen LogP contribution in [-0.4, -0.2) is 43.5 Å². The number of carbonyl (C=O) groups is 3. The molecule has 3 rings (SSSR count). The Morgan fingerprint density at radius 3 is 2.42 bits per heavy atom. The monoisotopic (exact) mass is 488 g/mol. The molecule has 0 unspecified atom stereocenters. The Morgan fingerprint density at radius 2 is 1.77 bits per heavy atom. The third-order valence-electron chi connectivity index (χ3n) is 4.35. The Kier molecular flexibility index (Phi) is 7.30. The fourth-order valence-corrected chi connectivity index (χ4v) is 3.10. The van der Waals surface area contributed by atoms with E-state index in [-0.39, 0.29) is 5.57 Å². The molecule has 0 atom stereocenters. The van der Waals surface area contributed by atoms with E-state index in [1.807, 2.05) is 6.92 Å². The number of anilines is 1. The third-order valence-corrected chi connectivity index (χ3v) is 4.67. The number of alkyl halides is 1. The lowest BCUT2D eigenvalue weighted by atomic mass is 10.1. The van der Waals surface area contributed by atoms with Crippen LogP contribution in [0.3, 0.4) is 0 Å². The minimum atomic E-state index is -0.814. The lowest BCUT2D eigenvalue weighted by molar-refractivity contribution is -0.122. The second-order valence-corrected chi connectivity index (χ2v) is 7.13. The van der Waals surface area contributed by atoms with Crippen molar-refractivity contribution < 1.29 is 28.6 Å². The van der Waals surface area contributed by atoms with Gasteiger partial charge in [-0.2, -0.15) is 0 Å². The number of ether oxygens (including phenoxy) is 3. The molecular weight excluding hydrogens is 468 g/mol. The van der Waals surface area contributed by atoms with E-state index >= 15 is 0 Å². The van der Waals surface area contributed by atoms with E-state index in [1.165, 1.54) is 13.2 Å². The Hall–Kier alpha value is -3.33. The number of carbonyl (C=O) groups excluding carboxylic acids is 3. The summed E-state index contributed by atoms with van der Waals surface area (Å²) in [5.74, 6) is 0.127. The highest BCUT2D eigenvalue weighted by atomic mass is 79.9. The molecule has 8 nitrogen and oxygen atoms in total. The van der Waals surface area contributed by atoms with Gasteiger partial charge in [-0.15, -0.1) is 0 Å². The zero-order chi connectivity index (χ0) is 22.4. The van der Waals surface area contributed by atoms with Gasteiger partial charge in [0, 0.05) is 5.33 Å². The van der Waals surface area contributed by atoms with Crippen LogP contribution in [-0.2, 0) is 9.59 Å². The van der Waals surface area contributed by atoms with Crippen LogP contribution in [0.5, 0.6) is 17.2 Å². The fourth-order valence-electron chi connectivity index (χ4n) is 2.94. The normalized spacial score (nSPS) is 15.1. The van der Waals surface area contributed by atoms with Crippen LogP contribution in [0.15, 0.2) is 48.0 Å². The molecule has 9 heteroatoms. The predicted octanol–water partition coefficient (Wildman–Crippen LogP) is 3.53. The van der Waals surface area contributed by atoms with Crippen molar-refractivity contribution >= 4 is 45.5 Å². The minimum Gasteiger partial charge on any atom is -0.497 e. The lowest BCUT2D eigenvalue weighted by Crippen LogP contribution is -2.54. The quantitative estimate of drug-likeness (QED) is 0.347. The number of barbiturate groups is 1. The van der Waals surface area contributed by atoms with E-state index in [2.05, 4.69) is 21.2 Å². The van der Waals surface area contributed by atoms with Crippen molar-refractivity contribution in [2.75, 3.05) is 30.6 Å². The maximum atomic E-state index is 13.0. The summed E-state index contributed by atoms with van der Waals surface area (Å²) in [4.78, 5) is 38.6. The van der Waals surface area contributed by atoms with Gasteiger partial charge in [0.15, 0.2) is 11.5 Å². The molecule has 162 valence electrons. The van der Waals surface area contributed by atoms with E-state index in [0.29, 0.717) is 47.0 Å². The minimum absolute atomic E-state index is 0.174. The summed E-state index contributed by atoms with van der Waals surface area (Å²) in [7, 11) is 1.51. The summed E-state index contributed by atoms with van der Waals surface area (Å²) in [5, 5.41) is 2.86. The molecule has 0 bridgehead atoms. The zero-order valence-electron chi connectivity index (χ0n) is 17.0. The van der Waals surface area contributed by atoms with Gasteiger partial charge < -0.3 is 14.2 Å². The highest BCUT2D eigenvalue weighted by Crippen LogP contribution is 2.30. The van der Waals surface area contributed by atoms with E-state index in [0.717, 1.165) is 4.90 Å². The highest BCUT2D eigenvalue weighted by molar-refractivity contribution is 9.09. The number of benzene rings is 2. The molecule has 0 aliphatic carbocycles. The van der Waals surface area contributed by atoms with Gasteiger partial charge in [-0.3, -0.25) is 14.9 Å². The Morgan fingerprint density at radius 1 is 1.03 bits per heavy atom. The number of urea groups is 1. The van der Waals surface area contributed by atoms with Crippen molar-refractivity contribution in [3.05, 3.63) is 53.6 Å². The number of rotatable bonds is 8. The van der Waals surface area contributed by atoms with Crippen LogP contribution in [0.4, 0.5) is 10.5 Å². The number of hydrogen-bond donors (Lipinski definition) is 1. The Bertz CT molecular complexity index is 1020. The number of methoxy groups -OCH3 is 1. The summed E-state index contributed by atoms with van der Waals surface area (Å²) in [6.45, 7) is 2.72. The molecule has 1 N–H and O–H groups in total. The topological polar surface area (TPSA) is 94.2 Å². The first-order valence-corrected chi connectivity index (χ1v) is 10.6. The van der Waals surface area contributed by atoms with Crippen LogP contribution in [0.1, 0.15) is 12.5 Å². The molecule has 0 radical (unpaired) electrons. The number of hydrogen-bond acceptors (Lipinski definition) is 6. The second kappa shape index (κ2) is 10.1. The first-order valence-electron chi connectivity index (χ1n) is 9.49. The first-order chi connectivity index (χ1) is 15.0. The van der Waals surface area contributed by atoms with Crippen molar-refractivity contribution in [2.24, 2.45) is 0 Å². The van der Waals surface area contributed by atoms with Gasteiger partial charge in [-0.05, 0) is 55.0 Å². The smallest absolute Gasteiger partial charge is 0.335 e.